The monoisotopic (exact) mass is 457 g/mol. The molecule has 32 heavy (non-hydrogen) atoms. The molecular weight excluding hydrogens is 406 g/mol. The van der Waals surface area contributed by atoms with Gasteiger partial charge in [0.15, 0.2) is 0 Å². The Labute approximate surface area is 196 Å². The average molecular weight is 458 g/mol. The molecule has 0 aliphatic heterocycles. The Morgan fingerprint density at radius 2 is 1.28 bits per heavy atom. The van der Waals surface area contributed by atoms with Gasteiger partial charge < -0.3 is 25.7 Å². The zero-order valence-electron chi connectivity index (χ0n) is 20.7. The van der Waals surface area contributed by atoms with E-state index in [4.69, 9.17) is 0 Å². The SMILES string of the molecule is CCCCCC/C=C\CCCCCCCCC(O)C(=O)NC(CO)C(O)C(O)CCCC. The highest BCUT2D eigenvalue weighted by atomic mass is 16.3. The third-order valence-electron chi connectivity index (χ3n) is 5.98. The fraction of sp³-hybridized carbons (Fsp3) is 0.885. The van der Waals surface area contributed by atoms with E-state index in [2.05, 4.69) is 24.4 Å². The van der Waals surface area contributed by atoms with Crippen LogP contribution in [0, 0.1) is 0 Å². The fourth-order valence-electron chi connectivity index (χ4n) is 3.73. The molecule has 0 spiro atoms. The summed E-state index contributed by atoms with van der Waals surface area (Å²) in [6.45, 7) is 3.73. The summed E-state index contributed by atoms with van der Waals surface area (Å²) < 4.78 is 0. The van der Waals surface area contributed by atoms with Crippen LogP contribution in [0.4, 0.5) is 0 Å². The molecule has 0 aromatic rings. The Morgan fingerprint density at radius 3 is 1.84 bits per heavy atom. The van der Waals surface area contributed by atoms with Gasteiger partial charge in [0, 0.05) is 0 Å². The van der Waals surface area contributed by atoms with E-state index in [1.807, 2.05) is 6.92 Å². The summed E-state index contributed by atoms with van der Waals surface area (Å²) in [7, 11) is 0. The third-order valence-corrected chi connectivity index (χ3v) is 5.98. The van der Waals surface area contributed by atoms with Crippen LogP contribution in [0.15, 0.2) is 12.2 Å². The van der Waals surface area contributed by atoms with Crippen LogP contribution in [0.5, 0.6) is 0 Å². The molecule has 4 unspecified atom stereocenters. The van der Waals surface area contributed by atoms with Crippen LogP contribution in [0.1, 0.15) is 117 Å². The predicted molar refractivity (Wildman–Crippen MR) is 131 cm³/mol. The molecule has 0 bridgehead atoms. The van der Waals surface area contributed by atoms with Crippen LogP contribution in [0.2, 0.25) is 0 Å². The van der Waals surface area contributed by atoms with Crippen LogP contribution in [0.3, 0.4) is 0 Å². The Hall–Kier alpha value is -0.950. The molecule has 1 amide bonds. The summed E-state index contributed by atoms with van der Waals surface area (Å²) in [5.41, 5.74) is 0. The maximum atomic E-state index is 12.1. The van der Waals surface area contributed by atoms with E-state index < -0.39 is 36.9 Å². The number of aliphatic hydroxyl groups is 4. The van der Waals surface area contributed by atoms with Crippen molar-refractivity contribution in [3.05, 3.63) is 12.2 Å². The Bertz CT molecular complexity index is 457. The molecule has 190 valence electrons. The molecule has 6 heteroatoms. The van der Waals surface area contributed by atoms with Crippen LogP contribution in [0.25, 0.3) is 0 Å². The highest BCUT2D eigenvalue weighted by Crippen LogP contribution is 2.12. The minimum atomic E-state index is -1.25. The summed E-state index contributed by atoms with van der Waals surface area (Å²) in [6, 6.07) is -0.977. The Kier molecular flexibility index (Phi) is 21.2. The molecule has 4 atom stereocenters. The zero-order chi connectivity index (χ0) is 24.0. The lowest BCUT2D eigenvalue weighted by Crippen LogP contribution is -2.53. The van der Waals surface area contributed by atoms with Gasteiger partial charge in [-0.25, -0.2) is 0 Å². The van der Waals surface area contributed by atoms with Crippen molar-refractivity contribution in [3.63, 3.8) is 0 Å². The summed E-state index contributed by atoms with van der Waals surface area (Å²) in [5, 5.41) is 42.1. The second kappa shape index (κ2) is 21.9. The lowest BCUT2D eigenvalue weighted by molar-refractivity contribution is -0.132. The van der Waals surface area contributed by atoms with Crippen molar-refractivity contribution in [2.24, 2.45) is 0 Å². The number of amides is 1. The van der Waals surface area contributed by atoms with E-state index in [0.29, 0.717) is 12.8 Å². The van der Waals surface area contributed by atoms with E-state index in [9.17, 15) is 25.2 Å². The molecular formula is C26H51NO5. The lowest BCUT2D eigenvalue weighted by atomic mass is 10.0. The van der Waals surface area contributed by atoms with Crippen molar-refractivity contribution in [1.82, 2.24) is 5.32 Å². The number of nitrogens with one attached hydrogen (secondary N) is 1. The zero-order valence-corrected chi connectivity index (χ0v) is 20.7. The highest BCUT2D eigenvalue weighted by Gasteiger charge is 2.28. The normalized spacial score (nSPS) is 15.6. The third kappa shape index (κ3) is 16.7. The minimum Gasteiger partial charge on any atom is -0.394 e. The van der Waals surface area contributed by atoms with Gasteiger partial charge in [0.25, 0.3) is 0 Å². The van der Waals surface area contributed by atoms with E-state index >= 15 is 0 Å². The van der Waals surface area contributed by atoms with E-state index in [1.54, 1.807) is 0 Å². The number of allylic oxidation sites excluding steroid dienone is 2. The molecule has 0 heterocycles. The van der Waals surface area contributed by atoms with Gasteiger partial charge >= 0.3 is 0 Å². The van der Waals surface area contributed by atoms with Crippen LogP contribution >= 0.6 is 0 Å². The predicted octanol–water partition coefficient (Wildman–Crippen LogP) is 4.38. The van der Waals surface area contributed by atoms with Crippen molar-refractivity contribution in [2.75, 3.05) is 6.61 Å². The first-order chi connectivity index (χ1) is 15.5. The summed E-state index contributed by atoms with van der Waals surface area (Å²) >= 11 is 0. The highest BCUT2D eigenvalue weighted by molar-refractivity contribution is 5.80. The van der Waals surface area contributed by atoms with Gasteiger partial charge in [0.2, 0.25) is 5.91 Å². The number of hydrogen-bond donors (Lipinski definition) is 5. The van der Waals surface area contributed by atoms with Gasteiger partial charge in [-0.2, -0.15) is 0 Å². The van der Waals surface area contributed by atoms with Crippen molar-refractivity contribution < 1.29 is 25.2 Å². The van der Waals surface area contributed by atoms with Gasteiger partial charge in [-0.15, -0.1) is 0 Å². The van der Waals surface area contributed by atoms with Crippen molar-refractivity contribution in [3.8, 4) is 0 Å². The summed E-state index contributed by atoms with van der Waals surface area (Å²) in [6.07, 6.45) is 17.6. The second-order valence-electron chi connectivity index (χ2n) is 9.03. The molecule has 0 aromatic carbocycles. The Balaban J connectivity index is 3.80. The second-order valence-corrected chi connectivity index (χ2v) is 9.03. The van der Waals surface area contributed by atoms with Crippen LogP contribution in [-0.4, -0.2) is 57.3 Å². The van der Waals surface area contributed by atoms with E-state index in [1.165, 1.54) is 51.4 Å². The van der Waals surface area contributed by atoms with Gasteiger partial charge in [-0.05, 0) is 38.5 Å². The largest absolute Gasteiger partial charge is 0.394 e. The first kappa shape index (κ1) is 31.0. The molecule has 0 saturated heterocycles. The summed E-state index contributed by atoms with van der Waals surface area (Å²) in [5.74, 6) is -0.604. The van der Waals surface area contributed by atoms with Crippen LogP contribution < -0.4 is 5.32 Å². The maximum Gasteiger partial charge on any atom is 0.249 e. The molecule has 0 fully saturated rings. The molecule has 0 aliphatic rings. The molecule has 0 aromatic heterocycles. The first-order valence-electron chi connectivity index (χ1n) is 13.1. The minimum absolute atomic E-state index is 0.360. The number of aliphatic hydroxyl groups excluding tert-OH is 4. The summed E-state index contributed by atoms with van der Waals surface area (Å²) in [4.78, 5) is 12.1. The van der Waals surface area contributed by atoms with Crippen molar-refractivity contribution >= 4 is 5.91 Å². The standard InChI is InChI=1S/C26H51NO5/c1-3-5-7-8-9-10-11-12-13-14-15-16-17-18-20-24(30)26(32)27-22(21-28)25(31)23(29)19-6-4-2/h10-11,22-25,28-31H,3-9,12-21H2,1-2H3,(H,27,32)/b11-10-. The fourth-order valence-corrected chi connectivity index (χ4v) is 3.73. The molecule has 0 rings (SSSR count). The molecule has 0 saturated carbocycles. The van der Waals surface area contributed by atoms with Crippen LogP contribution in [-0.2, 0) is 4.79 Å². The number of carbonyl (C=O) groups excluding carboxylic acids is 1. The average Bonchev–Trinajstić information content (AvgIpc) is 2.80. The number of unbranched alkanes of at least 4 members (excludes halogenated alkanes) is 11. The molecule has 5 N–H and O–H groups in total. The van der Waals surface area contributed by atoms with Gasteiger partial charge in [0.05, 0.1) is 18.8 Å². The quantitative estimate of drug-likeness (QED) is 0.122. The van der Waals surface area contributed by atoms with Gasteiger partial charge in [0.1, 0.15) is 12.2 Å². The topological polar surface area (TPSA) is 110 Å². The molecule has 6 nitrogen and oxygen atoms in total. The molecule has 0 aliphatic carbocycles. The maximum absolute atomic E-state index is 12.1. The van der Waals surface area contributed by atoms with Gasteiger partial charge in [-0.3, -0.25) is 4.79 Å². The lowest BCUT2D eigenvalue weighted by Gasteiger charge is -2.27. The van der Waals surface area contributed by atoms with Crippen molar-refractivity contribution in [1.29, 1.82) is 0 Å². The van der Waals surface area contributed by atoms with E-state index in [0.717, 1.165) is 38.5 Å². The van der Waals surface area contributed by atoms with E-state index in [-0.39, 0.29) is 0 Å². The Morgan fingerprint density at radius 1 is 0.750 bits per heavy atom. The molecule has 0 radical (unpaired) electrons. The number of rotatable bonds is 22. The number of hydrogen-bond acceptors (Lipinski definition) is 5. The van der Waals surface area contributed by atoms with Crippen molar-refractivity contribution in [2.45, 2.75) is 141 Å². The number of carbonyl (C=O) groups is 1. The van der Waals surface area contributed by atoms with Gasteiger partial charge in [-0.1, -0.05) is 90.2 Å². The first-order valence-corrected chi connectivity index (χ1v) is 13.1. The smallest absolute Gasteiger partial charge is 0.249 e.